The van der Waals surface area contributed by atoms with Gasteiger partial charge in [-0.2, -0.15) is 4.98 Å². The minimum atomic E-state index is -0.256. The van der Waals surface area contributed by atoms with Crippen LogP contribution in [0.25, 0.3) is 0 Å². The Hall–Kier alpha value is -2.61. The maximum absolute atomic E-state index is 13.3. The quantitative estimate of drug-likeness (QED) is 0.351. The molecule has 0 saturated carbocycles. The van der Waals surface area contributed by atoms with Crippen molar-refractivity contribution in [1.29, 1.82) is 0 Å². The molecule has 2 aromatic rings. The maximum atomic E-state index is 13.3. The number of amidine groups is 1. The molecule has 1 unspecified atom stereocenters. The van der Waals surface area contributed by atoms with E-state index in [0.717, 1.165) is 67.6 Å². The molecule has 0 amide bonds. The normalized spacial score (nSPS) is 17.5. The molecular weight excluding hydrogens is 439 g/mol. The minimum Gasteiger partial charge on any atom is -0.368 e. The zero-order valence-corrected chi connectivity index (χ0v) is 20.1. The second-order valence-corrected chi connectivity index (χ2v) is 9.33. The Morgan fingerprint density at radius 3 is 2.82 bits per heavy atom. The maximum Gasteiger partial charge on any atom is 0.277 e. The molecule has 4 rings (SSSR count). The Kier molecular flexibility index (Phi) is 7.85. The number of fused-ring (bicyclic) bond motifs is 1. The van der Waals surface area contributed by atoms with E-state index in [9.17, 15) is 9.18 Å². The van der Waals surface area contributed by atoms with Crippen molar-refractivity contribution in [3.05, 3.63) is 69.5 Å². The number of benzene rings is 1. The summed E-state index contributed by atoms with van der Waals surface area (Å²) in [6, 6.07) is 6.45. The molecule has 1 aromatic carbocycles. The molecular formula is C25H31FN4O2S. The van der Waals surface area contributed by atoms with Crippen molar-refractivity contribution in [3.63, 3.8) is 0 Å². The van der Waals surface area contributed by atoms with Gasteiger partial charge in [0.05, 0.1) is 6.54 Å². The van der Waals surface area contributed by atoms with Crippen LogP contribution in [0.15, 0.2) is 51.6 Å². The Morgan fingerprint density at radius 1 is 1.24 bits per heavy atom. The monoisotopic (exact) mass is 470 g/mol. The van der Waals surface area contributed by atoms with E-state index in [2.05, 4.69) is 45.7 Å². The number of nitrogens with zero attached hydrogens (tertiary/aromatic N) is 4. The minimum absolute atomic E-state index is 0.0987. The first-order chi connectivity index (χ1) is 16.1. The second-order valence-electron chi connectivity index (χ2n) is 8.39. The van der Waals surface area contributed by atoms with E-state index in [1.54, 1.807) is 12.1 Å². The number of hydrogen-bond donors (Lipinski definition) is 0. The van der Waals surface area contributed by atoms with Crippen molar-refractivity contribution in [2.24, 2.45) is 5.16 Å². The van der Waals surface area contributed by atoms with Gasteiger partial charge in [0.25, 0.3) is 5.56 Å². The van der Waals surface area contributed by atoms with Gasteiger partial charge in [-0.1, -0.05) is 55.4 Å². The summed E-state index contributed by atoms with van der Waals surface area (Å²) in [5, 5.41) is 5.10. The van der Waals surface area contributed by atoms with Crippen molar-refractivity contribution in [1.82, 2.24) is 14.5 Å². The number of unbranched alkanes of at least 4 members (excludes halogenated alkanes) is 1. The van der Waals surface area contributed by atoms with E-state index in [4.69, 9.17) is 4.84 Å². The highest BCUT2D eigenvalue weighted by atomic mass is 32.2. The fraction of sp³-hybridized carbons (Fsp3) is 0.480. The van der Waals surface area contributed by atoms with E-state index >= 15 is 0 Å². The van der Waals surface area contributed by atoms with Crippen LogP contribution >= 0.6 is 11.8 Å². The Bertz CT molecular complexity index is 1080. The first kappa shape index (κ1) is 23.5. The summed E-state index contributed by atoms with van der Waals surface area (Å²) in [4.78, 5) is 25.0. The summed E-state index contributed by atoms with van der Waals surface area (Å²) < 4.78 is 15.4. The van der Waals surface area contributed by atoms with Crippen LogP contribution in [0.5, 0.6) is 0 Å². The molecule has 33 heavy (non-hydrogen) atoms. The topological polar surface area (TPSA) is 59.7 Å². The molecule has 1 aliphatic heterocycles. The summed E-state index contributed by atoms with van der Waals surface area (Å²) in [7, 11) is 0. The van der Waals surface area contributed by atoms with Crippen molar-refractivity contribution in [3.8, 4) is 0 Å². The van der Waals surface area contributed by atoms with Gasteiger partial charge in [0.1, 0.15) is 5.82 Å². The van der Waals surface area contributed by atoms with Gasteiger partial charge in [-0.05, 0) is 49.8 Å². The number of halogens is 1. The third-order valence-corrected chi connectivity index (χ3v) is 7.02. The second kappa shape index (κ2) is 11.0. The lowest BCUT2D eigenvalue weighted by atomic mass is 10.2. The van der Waals surface area contributed by atoms with Crippen LogP contribution in [-0.2, 0) is 30.0 Å². The van der Waals surface area contributed by atoms with Crippen LogP contribution in [0.4, 0.5) is 4.39 Å². The summed E-state index contributed by atoms with van der Waals surface area (Å²) >= 11 is 1.50. The van der Waals surface area contributed by atoms with Crippen molar-refractivity contribution in [2.45, 2.75) is 82.5 Å². The number of allylic oxidation sites excluding steroid dienone is 1. The lowest BCUT2D eigenvalue weighted by Crippen LogP contribution is -2.35. The third kappa shape index (κ3) is 5.49. The van der Waals surface area contributed by atoms with Gasteiger partial charge < -0.3 is 9.40 Å². The van der Waals surface area contributed by atoms with Gasteiger partial charge in [-0.25, -0.2) is 4.39 Å². The molecule has 0 bridgehead atoms. The zero-order valence-electron chi connectivity index (χ0n) is 19.3. The van der Waals surface area contributed by atoms with Crippen LogP contribution in [0, 0.1) is 5.82 Å². The van der Waals surface area contributed by atoms with Crippen LogP contribution < -0.4 is 5.56 Å². The van der Waals surface area contributed by atoms with Gasteiger partial charge >= 0.3 is 0 Å². The Morgan fingerprint density at radius 2 is 2.06 bits per heavy atom. The number of aromatic nitrogens is 2. The van der Waals surface area contributed by atoms with Crippen molar-refractivity contribution >= 4 is 17.6 Å². The molecule has 2 aliphatic rings. The standard InChI is InChI=1S/C25H31FN4O2S/c1-3-5-10-23-29(15-6-4-2)22(28-32-23)16-30-21-9-7-8-20(21)24(31)27-25(30)33-17-18-11-13-19(26)14-12-18/h6,11-15,23H,3-5,7-10,16-17H2,1-2H3. The third-order valence-electron chi connectivity index (χ3n) is 5.98. The molecule has 1 atom stereocenters. The van der Waals surface area contributed by atoms with E-state index < -0.39 is 0 Å². The van der Waals surface area contributed by atoms with Crippen molar-refractivity contribution < 1.29 is 9.23 Å². The fourth-order valence-electron chi connectivity index (χ4n) is 4.20. The highest BCUT2D eigenvalue weighted by molar-refractivity contribution is 7.98. The lowest BCUT2D eigenvalue weighted by molar-refractivity contribution is 0.0201. The van der Waals surface area contributed by atoms with E-state index in [-0.39, 0.29) is 17.6 Å². The van der Waals surface area contributed by atoms with E-state index in [0.29, 0.717) is 17.5 Å². The smallest absolute Gasteiger partial charge is 0.277 e. The van der Waals surface area contributed by atoms with E-state index in [1.807, 2.05) is 0 Å². The molecule has 1 aromatic heterocycles. The van der Waals surface area contributed by atoms with E-state index in [1.165, 1.54) is 23.9 Å². The Balaban J connectivity index is 1.61. The molecule has 0 fully saturated rings. The van der Waals surface area contributed by atoms with Gasteiger partial charge in [-0.3, -0.25) is 9.69 Å². The lowest BCUT2D eigenvalue weighted by Gasteiger charge is -2.23. The molecule has 176 valence electrons. The summed E-state index contributed by atoms with van der Waals surface area (Å²) in [6.07, 6.45) is 10.7. The number of oxime groups is 1. The average molecular weight is 471 g/mol. The van der Waals surface area contributed by atoms with Gasteiger partial charge in [0.2, 0.25) is 6.23 Å². The molecule has 2 heterocycles. The van der Waals surface area contributed by atoms with Crippen LogP contribution in [0.3, 0.4) is 0 Å². The average Bonchev–Trinajstić information content (AvgIpc) is 3.45. The van der Waals surface area contributed by atoms with Crippen LogP contribution in [-0.4, -0.2) is 26.5 Å². The molecule has 0 radical (unpaired) electrons. The molecule has 8 heteroatoms. The molecule has 0 spiro atoms. The summed E-state index contributed by atoms with van der Waals surface area (Å²) in [5.41, 5.74) is 2.72. The highest BCUT2D eigenvalue weighted by Gasteiger charge is 2.30. The SMILES string of the molecule is CCC=CN1C(Cn2c(SCc3ccc(F)cc3)nc(=O)c3c2CCC3)=NOC1CCCC. The first-order valence-corrected chi connectivity index (χ1v) is 12.8. The fourth-order valence-corrected chi connectivity index (χ4v) is 5.16. The number of thioether (sulfide) groups is 1. The largest absolute Gasteiger partial charge is 0.368 e. The van der Waals surface area contributed by atoms with Crippen molar-refractivity contribution in [2.75, 3.05) is 0 Å². The Labute approximate surface area is 198 Å². The summed E-state index contributed by atoms with van der Waals surface area (Å²) in [6.45, 7) is 4.77. The number of hydrogen-bond acceptors (Lipinski definition) is 6. The number of rotatable bonds is 10. The predicted molar refractivity (Wildman–Crippen MR) is 130 cm³/mol. The highest BCUT2D eigenvalue weighted by Crippen LogP contribution is 2.28. The van der Waals surface area contributed by atoms with Crippen LogP contribution in [0.1, 0.15) is 62.8 Å². The van der Waals surface area contributed by atoms with Crippen LogP contribution in [0.2, 0.25) is 0 Å². The predicted octanol–water partition coefficient (Wildman–Crippen LogP) is 5.25. The van der Waals surface area contributed by atoms with Gasteiger partial charge in [-0.15, -0.1) is 0 Å². The van der Waals surface area contributed by atoms with Gasteiger partial charge in [0, 0.05) is 29.6 Å². The molecule has 1 aliphatic carbocycles. The molecule has 6 nitrogen and oxygen atoms in total. The van der Waals surface area contributed by atoms with Gasteiger partial charge in [0.15, 0.2) is 11.0 Å². The zero-order chi connectivity index (χ0) is 23.2. The first-order valence-electron chi connectivity index (χ1n) is 11.8. The molecule has 0 saturated heterocycles. The summed E-state index contributed by atoms with van der Waals surface area (Å²) in [5.74, 6) is 1.17. The molecule has 0 N–H and O–H groups in total.